The van der Waals surface area contributed by atoms with Gasteiger partial charge in [0.05, 0.1) is 0 Å². The number of aromatic nitrogens is 5. The van der Waals surface area contributed by atoms with Crippen LogP contribution in [0.2, 0.25) is 0 Å². The van der Waals surface area contributed by atoms with Gasteiger partial charge in [0.2, 0.25) is 0 Å². The minimum atomic E-state index is 0.382. The molecule has 0 radical (unpaired) electrons. The molecule has 7 heteroatoms. The fourth-order valence-electron chi connectivity index (χ4n) is 8.63. The molecule has 13 rings (SSSR count). The average molecular weight is 925 g/mol. The molecule has 6 nitrogen and oxygen atoms in total. The summed E-state index contributed by atoms with van der Waals surface area (Å²) >= 11 is 2.48. The van der Waals surface area contributed by atoms with Gasteiger partial charge in [-0.05, 0) is 28.7 Å². The summed E-state index contributed by atoms with van der Waals surface area (Å²) in [5.74, 6) is 2.69. The zero-order valence-electron chi connectivity index (χ0n) is 32.6. The Balaban J connectivity index is 1.04. The summed E-state index contributed by atoms with van der Waals surface area (Å²) in [4.78, 5) is 9.59. The number of fused-ring (bicyclic) bond motifs is 3. The molecular weight excluding hydrogens is 882 g/mol. The van der Waals surface area contributed by atoms with Crippen LogP contribution in [-0.2, 0) is 45.0 Å². The first-order valence-corrected chi connectivity index (χ1v) is 21.0. The quantitative estimate of drug-likeness (QED) is 0.167. The van der Waals surface area contributed by atoms with Crippen LogP contribution < -0.4 is 4.74 Å². The van der Waals surface area contributed by atoms with Gasteiger partial charge in [0.1, 0.15) is 0 Å². The number of imidazole rings is 1. The van der Waals surface area contributed by atoms with E-state index in [1.54, 1.807) is 6.20 Å². The van der Waals surface area contributed by atoms with Crippen LogP contribution >= 0.6 is 0 Å². The average Bonchev–Trinajstić information content (AvgIpc) is 3.75. The zero-order chi connectivity index (χ0) is 38.8. The van der Waals surface area contributed by atoms with Gasteiger partial charge in [0, 0.05) is 6.20 Å². The van der Waals surface area contributed by atoms with Crippen molar-refractivity contribution in [2.24, 2.45) is 0 Å². The topological polar surface area (TPSA) is 49.3 Å². The van der Waals surface area contributed by atoms with Crippen molar-refractivity contribution in [2.75, 3.05) is 0 Å². The Morgan fingerprint density at radius 2 is 1.42 bits per heavy atom. The van der Waals surface area contributed by atoms with Crippen molar-refractivity contribution >= 4 is 27.3 Å². The number of hydrogen-bond donors (Lipinski definition) is 0. The second-order valence-electron chi connectivity index (χ2n) is 15.6. The van der Waals surface area contributed by atoms with Crippen molar-refractivity contribution in [3.63, 3.8) is 0 Å². The van der Waals surface area contributed by atoms with Gasteiger partial charge >= 0.3 is 260 Å². The van der Waals surface area contributed by atoms with Gasteiger partial charge in [-0.15, -0.1) is 0 Å². The molecule has 2 aliphatic carbocycles. The second-order valence-corrected chi connectivity index (χ2v) is 16.7. The Morgan fingerprint density at radius 3 is 2.23 bits per heavy atom. The molecule has 2 aliphatic heterocycles. The summed E-state index contributed by atoms with van der Waals surface area (Å²) in [6, 6.07) is 39.4. The monoisotopic (exact) mass is 924 g/mol. The van der Waals surface area contributed by atoms with E-state index in [9.17, 15) is 0 Å². The van der Waals surface area contributed by atoms with Crippen LogP contribution in [0, 0.1) is 17.7 Å². The van der Waals surface area contributed by atoms with E-state index in [0.29, 0.717) is 11.7 Å². The van der Waals surface area contributed by atoms with E-state index in [0.717, 1.165) is 63.2 Å². The van der Waals surface area contributed by atoms with Gasteiger partial charge in [-0.25, -0.2) is 0 Å². The van der Waals surface area contributed by atoms with E-state index in [1.807, 2.05) is 12.4 Å². The Hall–Kier alpha value is -5.84. The SMILES string of the molecule is Cc1c2ccc(c1C)CCc1ccc(c3cn(-c4cncc(Oc5ccc6c7cc(-c8ccccc8)ccc7n(-c7cc(C(C)C)ccn7)c6c5)c4)[c](=[Pt])n13)CC2. The van der Waals surface area contributed by atoms with Crippen LogP contribution in [0.5, 0.6) is 11.5 Å². The van der Waals surface area contributed by atoms with Crippen LogP contribution in [0.3, 0.4) is 0 Å². The van der Waals surface area contributed by atoms with Crippen molar-refractivity contribution < 1.29 is 24.1 Å². The summed E-state index contributed by atoms with van der Waals surface area (Å²) in [7, 11) is 0. The standard InChI is InChI=1S/C50H43N5O.Pt/c1-32(2)39-22-23-52-50(25-39)55-47-21-16-40(37-8-6-5-7-9-37)24-46(47)45-20-19-43(27-48(45)55)56-44-26-42(28-51-29-44)53-30-49-38-13-12-35-10-11-36(34(4)33(35)3)14-17-41(18-15-38)54(49)31-53;/h5-11,15-16,18-30,32H,12-14,17H2,1-4H3;. The molecule has 0 amide bonds. The fraction of sp³-hybridized carbons (Fsp3) is 0.180. The molecule has 0 atom stereocenters. The molecule has 4 bridgehead atoms. The summed E-state index contributed by atoms with van der Waals surface area (Å²) in [5, 5.41) is 2.32. The molecule has 0 unspecified atom stereocenters. The van der Waals surface area contributed by atoms with Gasteiger partial charge in [-0.2, -0.15) is 0 Å². The molecule has 4 aromatic carbocycles. The number of pyridine rings is 3. The van der Waals surface area contributed by atoms with Crippen LogP contribution in [0.1, 0.15) is 58.8 Å². The first-order valence-electron chi connectivity index (χ1n) is 19.8. The molecule has 4 aliphatic rings. The first-order chi connectivity index (χ1) is 27.8. The Kier molecular flexibility index (Phi) is 8.90. The third-order valence-corrected chi connectivity index (χ3v) is 13.0. The van der Waals surface area contributed by atoms with Crippen LogP contribution in [0.4, 0.5) is 0 Å². The zero-order valence-corrected chi connectivity index (χ0v) is 34.8. The number of nitrogens with zero attached hydrogens (tertiary/aromatic N) is 5. The molecule has 5 aromatic heterocycles. The number of benzene rings is 4. The predicted octanol–water partition coefficient (Wildman–Crippen LogP) is 11.8. The second kappa shape index (κ2) is 14.3. The number of rotatable bonds is 6. The Bertz CT molecular complexity index is 3080. The van der Waals surface area contributed by atoms with E-state index in [1.165, 1.54) is 61.1 Å². The molecule has 0 N–H and O–H groups in total. The molecule has 9 aromatic rings. The van der Waals surface area contributed by atoms with Crippen LogP contribution in [0.15, 0.2) is 134 Å². The predicted molar refractivity (Wildman–Crippen MR) is 227 cm³/mol. The van der Waals surface area contributed by atoms with Crippen molar-refractivity contribution in [1.82, 2.24) is 23.5 Å². The van der Waals surface area contributed by atoms with E-state index in [-0.39, 0.29) is 0 Å². The normalized spacial score (nSPS) is 12.9. The molecule has 284 valence electrons. The summed E-state index contributed by atoms with van der Waals surface area (Å²) in [5.41, 5.74) is 16.4. The first kappa shape index (κ1) is 35.6. The van der Waals surface area contributed by atoms with Gasteiger partial charge in [0.25, 0.3) is 0 Å². The van der Waals surface area contributed by atoms with Crippen LogP contribution in [0.25, 0.3) is 50.0 Å². The summed E-state index contributed by atoms with van der Waals surface area (Å²) in [6.45, 7) is 9.02. The Morgan fingerprint density at radius 1 is 0.649 bits per heavy atom. The van der Waals surface area contributed by atoms with Crippen molar-refractivity contribution in [3.05, 3.63) is 177 Å². The van der Waals surface area contributed by atoms with Gasteiger partial charge in [-0.3, -0.25) is 0 Å². The number of ether oxygens (including phenoxy) is 1. The summed E-state index contributed by atoms with van der Waals surface area (Å²) in [6.07, 6.45) is 11.9. The van der Waals surface area contributed by atoms with Crippen molar-refractivity contribution in [2.45, 2.75) is 59.3 Å². The minimum absolute atomic E-state index is 0.382. The summed E-state index contributed by atoms with van der Waals surface area (Å²) < 4.78 is 14.8. The number of hydrogen-bond acceptors (Lipinski definition) is 3. The van der Waals surface area contributed by atoms with Gasteiger partial charge < -0.3 is 0 Å². The molecule has 7 heterocycles. The van der Waals surface area contributed by atoms with Gasteiger partial charge in [-0.1, -0.05) is 50.2 Å². The third kappa shape index (κ3) is 6.27. The molecule has 0 fully saturated rings. The third-order valence-electron chi connectivity index (χ3n) is 12.0. The van der Waals surface area contributed by atoms with E-state index in [4.69, 9.17) is 14.7 Å². The van der Waals surface area contributed by atoms with Crippen LogP contribution in [-0.4, -0.2) is 23.5 Å². The van der Waals surface area contributed by atoms with E-state index in [2.05, 4.69) is 176 Å². The molecule has 0 spiro atoms. The molecule has 0 saturated carbocycles. The molecule has 0 saturated heterocycles. The fourth-order valence-corrected chi connectivity index (χ4v) is 9.67. The number of aryl methyl sites for hydroxylation is 4. The van der Waals surface area contributed by atoms with Crippen molar-refractivity contribution in [1.29, 1.82) is 0 Å². The van der Waals surface area contributed by atoms with E-state index < -0.39 is 0 Å². The van der Waals surface area contributed by atoms with Crippen molar-refractivity contribution in [3.8, 4) is 34.1 Å². The molecular formula is C50H43N5OPt. The van der Waals surface area contributed by atoms with Gasteiger partial charge in [0.15, 0.2) is 0 Å². The molecule has 57 heavy (non-hydrogen) atoms. The maximum atomic E-state index is 6.68. The maximum absolute atomic E-state index is 6.68. The Labute approximate surface area is 343 Å². The van der Waals surface area contributed by atoms with E-state index >= 15 is 0 Å².